The van der Waals surface area contributed by atoms with Crippen molar-refractivity contribution in [3.63, 3.8) is 0 Å². The first-order valence-corrected chi connectivity index (χ1v) is 10.1. The minimum atomic E-state index is -1.40. The molecule has 0 saturated carbocycles. The van der Waals surface area contributed by atoms with Crippen LogP contribution in [0.1, 0.15) is 12.5 Å². The van der Waals surface area contributed by atoms with Crippen molar-refractivity contribution in [2.24, 2.45) is 0 Å². The fourth-order valence-corrected chi connectivity index (χ4v) is 3.51. The number of carbonyl (C=O) groups excluding carboxylic acids is 4. The summed E-state index contributed by atoms with van der Waals surface area (Å²) in [5.41, 5.74) is -0.556. The molecule has 2 aromatic rings. The molecule has 0 radical (unpaired) electrons. The van der Waals surface area contributed by atoms with E-state index in [1.165, 1.54) is 31.2 Å². The number of nitrogens with zero attached hydrogens (tertiary/aromatic N) is 1. The molecule has 0 spiro atoms. The Morgan fingerprint density at radius 1 is 1.06 bits per heavy atom. The van der Waals surface area contributed by atoms with Crippen LogP contribution in [0, 0.1) is 5.82 Å². The number of ether oxygens (including phenoxy) is 2. The molecule has 1 unspecified atom stereocenters. The van der Waals surface area contributed by atoms with E-state index in [1.807, 2.05) is 0 Å². The number of anilines is 1. The number of imide groups is 1. The molecular weight excluding hydrogens is 435 g/mol. The van der Waals surface area contributed by atoms with E-state index in [0.717, 1.165) is 4.90 Å². The molecule has 172 valence electrons. The van der Waals surface area contributed by atoms with Crippen molar-refractivity contribution in [3.05, 3.63) is 53.8 Å². The second-order valence-electron chi connectivity index (χ2n) is 7.64. The van der Waals surface area contributed by atoms with Crippen molar-refractivity contribution in [1.82, 2.24) is 15.5 Å². The number of hydrogen-bond donors (Lipinski definition) is 3. The second-order valence-corrected chi connectivity index (χ2v) is 7.64. The van der Waals surface area contributed by atoms with Crippen molar-refractivity contribution >= 4 is 29.4 Å². The van der Waals surface area contributed by atoms with Crippen molar-refractivity contribution in [2.75, 3.05) is 31.6 Å². The second kappa shape index (κ2) is 8.77. The third kappa shape index (κ3) is 4.56. The van der Waals surface area contributed by atoms with Crippen LogP contribution in [0.2, 0.25) is 0 Å². The van der Waals surface area contributed by atoms with Gasteiger partial charge in [-0.2, -0.15) is 0 Å². The smallest absolute Gasteiger partial charge is 0.325 e. The lowest BCUT2D eigenvalue weighted by Crippen LogP contribution is -2.44. The number of amides is 5. The number of hydrogen-bond acceptors (Lipinski definition) is 6. The van der Waals surface area contributed by atoms with Crippen LogP contribution in [0.4, 0.5) is 14.9 Å². The van der Waals surface area contributed by atoms with E-state index in [1.54, 1.807) is 18.2 Å². The summed E-state index contributed by atoms with van der Waals surface area (Å²) in [6.45, 7) is 1.37. The largest absolute Gasteiger partial charge is 0.486 e. The van der Waals surface area contributed by atoms with Gasteiger partial charge in [-0.15, -0.1) is 0 Å². The lowest BCUT2D eigenvalue weighted by molar-refractivity contribution is -0.135. The molecule has 0 bridgehead atoms. The first-order valence-electron chi connectivity index (χ1n) is 10.1. The fraction of sp³-hybridized carbons (Fsp3) is 0.273. The Balaban J connectivity index is 1.36. The van der Waals surface area contributed by atoms with Gasteiger partial charge in [0.1, 0.15) is 31.1 Å². The van der Waals surface area contributed by atoms with Gasteiger partial charge in [0.15, 0.2) is 11.5 Å². The van der Waals surface area contributed by atoms with E-state index >= 15 is 0 Å². The summed E-state index contributed by atoms with van der Waals surface area (Å²) in [6.07, 6.45) is 0. The molecule has 3 N–H and O–H groups in total. The normalized spacial score (nSPS) is 19.2. The molecular formula is C22H21FN4O6. The van der Waals surface area contributed by atoms with Gasteiger partial charge in [0, 0.05) is 5.69 Å². The third-order valence-corrected chi connectivity index (χ3v) is 5.27. The van der Waals surface area contributed by atoms with Crippen LogP contribution in [0.15, 0.2) is 42.5 Å². The van der Waals surface area contributed by atoms with Gasteiger partial charge in [-0.25, -0.2) is 9.18 Å². The lowest BCUT2D eigenvalue weighted by Gasteiger charge is -2.25. The molecule has 0 aromatic heterocycles. The molecule has 5 amide bonds. The summed E-state index contributed by atoms with van der Waals surface area (Å²) in [4.78, 5) is 50.5. The Hall–Kier alpha value is -4.15. The zero-order valence-corrected chi connectivity index (χ0v) is 17.6. The van der Waals surface area contributed by atoms with Gasteiger partial charge >= 0.3 is 6.03 Å². The molecule has 2 aliphatic rings. The molecule has 11 heteroatoms. The predicted octanol–water partition coefficient (Wildman–Crippen LogP) is 1.12. The molecule has 1 fully saturated rings. The Labute approximate surface area is 188 Å². The zero-order chi connectivity index (χ0) is 23.6. The standard InChI is InChI=1S/C22H21FN4O6/c1-22(13-2-7-16-17(10-13)33-9-8-32-16)20(30)27(21(31)26-22)12-19(29)24-11-18(28)25-15-5-3-14(23)4-6-15/h2-7,10H,8-9,11-12H2,1H3,(H,24,29)(H,25,28)(H,26,31). The number of halogens is 1. The highest BCUT2D eigenvalue weighted by Gasteiger charge is 2.49. The third-order valence-electron chi connectivity index (χ3n) is 5.27. The molecule has 1 saturated heterocycles. The summed E-state index contributed by atoms with van der Waals surface area (Å²) in [7, 11) is 0. The Bertz CT molecular complexity index is 1120. The predicted molar refractivity (Wildman–Crippen MR) is 113 cm³/mol. The number of nitrogens with one attached hydrogen (secondary N) is 3. The molecule has 4 rings (SSSR count). The minimum Gasteiger partial charge on any atom is -0.486 e. The van der Waals surface area contributed by atoms with Crippen LogP contribution in [-0.4, -0.2) is 55.0 Å². The van der Waals surface area contributed by atoms with Crippen LogP contribution >= 0.6 is 0 Å². The average Bonchev–Trinajstić information content (AvgIpc) is 3.02. The molecule has 10 nitrogen and oxygen atoms in total. The van der Waals surface area contributed by atoms with Crippen LogP contribution in [0.25, 0.3) is 0 Å². The SMILES string of the molecule is CC1(c2ccc3c(c2)OCCO3)NC(=O)N(CC(=O)NCC(=O)Nc2ccc(F)cc2)C1=O. The fourth-order valence-electron chi connectivity index (χ4n) is 3.51. The van der Waals surface area contributed by atoms with E-state index in [-0.39, 0.29) is 6.54 Å². The topological polar surface area (TPSA) is 126 Å². The van der Waals surface area contributed by atoms with E-state index in [4.69, 9.17) is 9.47 Å². The summed E-state index contributed by atoms with van der Waals surface area (Å²) >= 11 is 0. The zero-order valence-electron chi connectivity index (χ0n) is 17.6. The molecule has 2 heterocycles. The van der Waals surface area contributed by atoms with Crippen molar-refractivity contribution in [3.8, 4) is 11.5 Å². The molecule has 1 atom stereocenters. The van der Waals surface area contributed by atoms with Gasteiger partial charge in [0.2, 0.25) is 11.8 Å². The molecule has 0 aliphatic carbocycles. The first-order chi connectivity index (χ1) is 15.8. The number of fused-ring (bicyclic) bond motifs is 1. The van der Waals surface area contributed by atoms with Gasteiger partial charge in [-0.3, -0.25) is 19.3 Å². The summed E-state index contributed by atoms with van der Waals surface area (Å²) in [5, 5.41) is 7.46. The van der Waals surface area contributed by atoms with Crippen molar-refractivity contribution in [1.29, 1.82) is 0 Å². The summed E-state index contributed by atoms with van der Waals surface area (Å²) in [6, 6.07) is 9.31. The maximum absolute atomic E-state index is 13.0. The van der Waals surface area contributed by atoms with Gasteiger partial charge in [0.05, 0.1) is 6.54 Å². The van der Waals surface area contributed by atoms with Crippen molar-refractivity contribution in [2.45, 2.75) is 12.5 Å². The van der Waals surface area contributed by atoms with E-state index in [0.29, 0.717) is 36.0 Å². The van der Waals surface area contributed by atoms with Gasteiger partial charge in [-0.1, -0.05) is 6.07 Å². The van der Waals surface area contributed by atoms with E-state index in [2.05, 4.69) is 16.0 Å². The first kappa shape index (κ1) is 22.1. The lowest BCUT2D eigenvalue weighted by atomic mass is 9.91. The number of urea groups is 1. The Morgan fingerprint density at radius 2 is 1.76 bits per heavy atom. The highest BCUT2D eigenvalue weighted by Crippen LogP contribution is 2.36. The Morgan fingerprint density at radius 3 is 2.48 bits per heavy atom. The van der Waals surface area contributed by atoms with E-state index in [9.17, 15) is 23.6 Å². The number of benzene rings is 2. The van der Waals surface area contributed by atoms with Crippen LogP contribution in [0.3, 0.4) is 0 Å². The van der Waals surface area contributed by atoms with Crippen LogP contribution in [0.5, 0.6) is 11.5 Å². The molecule has 33 heavy (non-hydrogen) atoms. The Kier molecular flexibility index (Phi) is 5.86. The van der Waals surface area contributed by atoms with Gasteiger partial charge < -0.3 is 25.4 Å². The number of rotatable bonds is 6. The molecule has 2 aliphatic heterocycles. The molecule has 2 aromatic carbocycles. The monoisotopic (exact) mass is 456 g/mol. The van der Waals surface area contributed by atoms with E-state index < -0.39 is 41.7 Å². The summed E-state index contributed by atoms with van der Waals surface area (Å²) < 4.78 is 23.9. The maximum Gasteiger partial charge on any atom is 0.325 e. The van der Waals surface area contributed by atoms with Gasteiger partial charge in [0.25, 0.3) is 5.91 Å². The minimum absolute atomic E-state index is 0.361. The van der Waals surface area contributed by atoms with Gasteiger partial charge in [-0.05, 0) is 48.9 Å². The highest BCUT2D eigenvalue weighted by atomic mass is 19.1. The van der Waals surface area contributed by atoms with Crippen LogP contribution < -0.4 is 25.4 Å². The highest BCUT2D eigenvalue weighted by molar-refractivity contribution is 6.09. The maximum atomic E-state index is 13.0. The summed E-state index contributed by atoms with van der Waals surface area (Å²) in [5.74, 6) is -1.30. The number of carbonyl (C=O) groups is 4. The quantitative estimate of drug-likeness (QED) is 0.560. The van der Waals surface area contributed by atoms with Crippen LogP contribution in [-0.2, 0) is 19.9 Å². The average molecular weight is 456 g/mol. The van der Waals surface area contributed by atoms with Crippen molar-refractivity contribution < 1.29 is 33.0 Å².